The number of carbonyl (C=O) groups is 1. The monoisotopic (exact) mass is 364 g/mol. The van der Waals surface area contributed by atoms with E-state index in [-0.39, 0.29) is 11.3 Å². The van der Waals surface area contributed by atoms with E-state index in [0.717, 1.165) is 15.8 Å². The van der Waals surface area contributed by atoms with Crippen molar-refractivity contribution >= 4 is 45.9 Å². The van der Waals surface area contributed by atoms with Gasteiger partial charge in [0.05, 0.1) is 11.1 Å². The third-order valence-electron chi connectivity index (χ3n) is 2.15. The van der Waals surface area contributed by atoms with Crippen LogP contribution < -0.4 is 21.7 Å². The van der Waals surface area contributed by atoms with E-state index in [9.17, 15) is 4.79 Å². The molecule has 1 saturated heterocycles. The SMILES string of the molecule is O=C(CSC1CNNN1)Nc1ccc(I)cc1. The quantitative estimate of drug-likeness (QED) is 0.598. The zero-order valence-electron chi connectivity index (χ0n) is 9.00. The molecule has 0 saturated carbocycles. The first-order valence-corrected chi connectivity index (χ1v) is 7.27. The molecule has 17 heavy (non-hydrogen) atoms. The fourth-order valence-corrected chi connectivity index (χ4v) is 2.46. The number of benzene rings is 1. The smallest absolute Gasteiger partial charge is 0.234 e. The van der Waals surface area contributed by atoms with Crippen LogP contribution in [0.1, 0.15) is 0 Å². The first-order chi connectivity index (χ1) is 8.24. The Morgan fingerprint density at radius 2 is 2.24 bits per heavy atom. The van der Waals surface area contributed by atoms with Crippen molar-refractivity contribution in [2.45, 2.75) is 5.37 Å². The summed E-state index contributed by atoms with van der Waals surface area (Å²) in [4.78, 5) is 11.7. The molecule has 1 atom stereocenters. The van der Waals surface area contributed by atoms with E-state index in [1.807, 2.05) is 24.3 Å². The van der Waals surface area contributed by atoms with E-state index >= 15 is 0 Å². The maximum atomic E-state index is 11.7. The molecule has 2 rings (SSSR count). The molecule has 1 fully saturated rings. The van der Waals surface area contributed by atoms with Crippen molar-refractivity contribution < 1.29 is 4.79 Å². The summed E-state index contributed by atoms with van der Waals surface area (Å²) in [6.07, 6.45) is 0. The summed E-state index contributed by atoms with van der Waals surface area (Å²) < 4.78 is 1.15. The highest BCUT2D eigenvalue weighted by molar-refractivity contribution is 14.1. The van der Waals surface area contributed by atoms with Gasteiger partial charge in [-0.15, -0.1) is 11.8 Å². The first-order valence-electron chi connectivity index (χ1n) is 5.14. The maximum Gasteiger partial charge on any atom is 0.234 e. The van der Waals surface area contributed by atoms with Gasteiger partial charge in [-0.05, 0) is 46.9 Å². The number of hydrazine groups is 2. The lowest BCUT2D eigenvalue weighted by molar-refractivity contribution is -0.113. The van der Waals surface area contributed by atoms with Crippen molar-refractivity contribution in [1.29, 1.82) is 0 Å². The Labute approximate surface area is 118 Å². The number of carbonyl (C=O) groups excluding carboxylic acids is 1. The second-order valence-electron chi connectivity index (χ2n) is 3.50. The summed E-state index contributed by atoms with van der Waals surface area (Å²) in [5.41, 5.74) is 9.58. The number of anilines is 1. The lowest BCUT2D eigenvalue weighted by Gasteiger charge is -2.08. The highest BCUT2D eigenvalue weighted by Gasteiger charge is 2.15. The third-order valence-corrected chi connectivity index (χ3v) is 3.99. The van der Waals surface area contributed by atoms with Crippen LogP contribution in [0.3, 0.4) is 0 Å². The topological polar surface area (TPSA) is 65.2 Å². The summed E-state index contributed by atoms with van der Waals surface area (Å²) in [5, 5.41) is 3.10. The molecule has 0 aromatic heterocycles. The van der Waals surface area contributed by atoms with E-state index in [2.05, 4.69) is 44.3 Å². The van der Waals surface area contributed by atoms with Crippen molar-refractivity contribution in [3.05, 3.63) is 27.8 Å². The van der Waals surface area contributed by atoms with Crippen LogP contribution in [-0.4, -0.2) is 23.6 Å². The van der Waals surface area contributed by atoms with Crippen molar-refractivity contribution in [2.24, 2.45) is 0 Å². The van der Waals surface area contributed by atoms with Gasteiger partial charge < -0.3 is 5.32 Å². The Balaban J connectivity index is 1.74. The van der Waals surface area contributed by atoms with Crippen LogP contribution in [0.2, 0.25) is 0 Å². The first kappa shape index (κ1) is 13.1. The van der Waals surface area contributed by atoms with E-state index in [1.54, 1.807) is 11.8 Å². The molecule has 0 aliphatic carbocycles. The van der Waals surface area contributed by atoms with Crippen molar-refractivity contribution in [1.82, 2.24) is 16.4 Å². The number of rotatable bonds is 4. The summed E-state index contributed by atoms with van der Waals surface area (Å²) in [6, 6.07) is 7.74. The van der Waals surface area contributed by atoms with E-state index in [1.165, 1.54) is 0 Å². The van der Waals surface area contributed by atoms with Crippen molar-refractivity contribution in [3.63, 3.8) is 0 Å². The molecule has 1 amide bonds. The maximum absolute atomic E-state index is 11.7. The van der Waals surface area contributed by atoms with Gasteiger partial charge >= 0.3 is 0 Å². The molecule has 1 aliphatic rings. The molecule has 1 unspecified atom stereocenters. The van der Waals surface area contributed by atoms with E-state index in [0.29, 0.717) is 5.75 Å². The molecular formula is C10H13IN4OS. The van der Waals surface area contributed by atoms with Gasteiger partial charge in [0, 0.05) is 15.8 Å². The highest BCUT2D eigenvalue weighted by atomic mass is 127. The van der Waals surface area contributed by atoms with Crippen LogP contribution in [0.15, 0.2) is 24.3 Å². The number of nitrogens with one attached hydrogen (secondary N) is 4. The number of halogens is 1. The van der Waals surface area contributed by atoms with Gasteiger partial charge in [-0.1, -0.05) is 0 Å². The molecular weight excluding hydrogens is 351 g/mol. The highest BCUT2D eigenvalue weighted by Crippen LogP contribution is 2.13. The molecule has 0 radical (unpaired) electrons. The minimum absolute atomic E-state index is 0.0184. The number of thioether (sulfide) groups is 1. The van der Waals surface area contributed by atoms with E-state index < -0.39 is 0 Å². The summed E-state index contributed by atoms with van der Waals surface area (Å²) in [6.45, 7) is 0.807. The number of hydrogen-bond donors (Lipinski definition) is 4. The molecule has 0 bridgehead atoms. The summed E-state index contributed by atoms with van der Waals surface area (Å²) in [7, 11) is 0. The normalized spacial score (nSPS) is 19.2. The van der Waals surface area contributed by atoms with Gasteiger partial charge in [0.2, 0.25) is 5.91 Å². The predicted molar refractivity (Wildman–Crippen MR) is 78.3 cm³/mol. The van der Waals surface area contributed by atoms with Crippen LogP contribution in [0.25, 0.3) is 0 Å². The van der Waals surface area contributed by atoms with Crippen molar-refractivity contribution in [3.8, 4) is 0 Å². The fraction of sp³-hybridized carbons (Fsp3) is 0.300. The Morgan fingerprint density at radius 3 is 2.88 bits per heavy atom. The van der Waals surface area contributed by atoms with Gasteiger partial charge in [0.25, 0.3) is 0 Å². The zero-order valence-corrected chi connectivity index (χ0v) is 12.0. The number of amides is 1. The Bertz CT molecular complexity index is 380. The predicted octanol–water partition coefficient (Wildman–Crippen LogP) is 0.901. The standard InChI is InChI=1S/C10H13IN4OS/c11-7-1-3-8(4-2-7)13-9(16)6-17-10-5-12-15-14-10/h1-4,10,12,14-15H,5-6H2,(H,13,16). The fourth-order valence-electron chi connectivity index (χ4n) is 1.33. The molecule has 7 heteroatoms. The average molecular weight is 364 g/mol. The third kappa shape index (κ3) is 4.43. The molecule has 5 nitrogen and oxygen atoms in total. The Morgan fingerprint density at radius 1 is 1.47 bits per heavy atom. The van der Waals surface area contributed by atoms with Gasteiger partial charge in [0.15, 0.2) is 0 Å². The Hall–Kier alpha value is -0.350. The van der Waals surface area contributed by atoms with E-state index in [4.69, 9.17) is 0 Å². The lowest BCUT2D eigenvalue weighted by Crippen LogP contribution is -2.32. The lowest BCUT2D eigenvalue weighted by atomic mass is 10.3. The molecule has 1 heterocycles. The van der Waals surface area contributed by atoms with Gasteiger partial charge in [0.1, 0.15) is 0 Å². The second-order valence-corrected chi connectivity index (χ2v) is 5.94. The van der Waals surface area contributed by atoms with Crippen LogP contribution in [0.4, 0.5) is 5.69 Å². The summed E-state index contributed by atoms with van der Waals surface area (Å²) >= 11 is 3.80. The van der Waals surface area contributed by atoms with Crippen LogP contribution in [0, 0.1) is 3.57 Å². The van der Waals surface area contributed by atoms with Crippen LogP contribution in [-0.2, 0) is 4.79 Å². The minimum atomic E-state index is 0.0184. The molecule has 1 aliphatic heterocycles. The molecule has 0 spiro atoms. The van der Waals surface area contributed by atoms with Crippen LogP contribution in [0.5, 0.6) is 0 Å². The Kier molecular flexibility index (Phi) is 5.04. The minimum Gasteiger partial charge on any atom is -0.325 e. The zero-order chi connectivity index (χ0) is 12.1. The molecule has 1 aromatic carbocycles. The van der Waals surface area contributed by atoms with Gasteiger partial charge in [-0.25, -0.2) is 10.9 Å². The largest absolute Gasteiger partial charge is 0.325 e. The molecule has 1 aromatic rings. The number of hydrogen-bond acceptors (Lipinski definition) is 5. The van der Waals surface area contributed by atoms with Crippen molar-refractivity contribution in [2.75, 3.05) is 17.6 Å². The van der Waals surface area contributed by atoms with Gasteiger partial charge in [-0.2, -0.15) is 5.53 Å². The van der Waals surface area contributed by atoms with Crippen LogP contribution >= 0.6 is 34.4 Å². The second kappa shape index (κ2) is 6.55. The molecule has 4 N–H and O–H groups in total. The summed E-state index contributed by atoms with van der Waals surface area (Å²) in [5.74, 6) is 0.456. The molecule has 92 valence electrons. The average Bonchev–Trinajstić information content (AvgIpc) is 2.83. The van der Waals surface area contributed by atoms with Gasteiger partial charge in [-0.3, -0.25) is 4.79 Å².